The first kappa shape index (κ1) is 24.6. The van der Waals surface area contributed by atoms with E-state index >= 15 is 0 Å². The van der Waals surface area contributed by atoms with Crippen LogP contribution in [0.3, 0.4) is 0 Å². The minimum atomic E-state index is -1.35. The fraction of sp³-hybridized carbons (Fsp3) is 0.364. The Morgan fingerprint density at radius 3 is 2.31 bits per heavy atom. The highest BCUT2D eigenvalue weighted by Crippen LogP contribution is 2.10. The molecule has 1 heterocycles. The Morgan fingerprint density at radius 1 is 1.03 bits per heavy atom. The number of benzene rings is 1. The molecule has 0 saturated heterocycles. The zero-order valence-electron chi connectivity index (χ0n) is 18.1. The van der Waals surface area contributed by atoms with E-state index in [9.17, 15) is 19.5 Å². The van der Waals surface area contributed by atoms with Crippen LogP contribution in [0.2, 0.25) is 0 Å². The molecule has 0 spiro atoms. The van der Waals surface area contributed by atoms with Gasteiger partial charge in [0.15, 0.2) is 0 Å². The standard InChI is InChI=1S/C22H27N3O7/c1-14(26)19(25-22(29)32-13-15-7-5-4-6-8-15)20(27)24-17(21(28)31-3)11-16-9-10-18(30-2)23-12-16/h4-10,12,14,17,19,26H,11,13H2,1-3H3,(H,24,27)(H,25,29)/t14-,17-,19+/m1/s1. The third kappa shape index (κ3) is 7.55. The van der Waals surface area contributed by atoms with Crippen LogP contribution in [0.1, 0.15) is 18.1 Å². The SMILES string of the molecule is COC(=O)[C@@H](Cc1ccc(OC)nc1)NC(=O)[C@@H](NC(=O)OCc1ccccc1)[C@@H](C)O. The van der Waals surface area contributed by atoms with Gasteiger partial charge in [0.25, 0.3) is 0 Å². The van der Waals surface area contributed by atoms with E-state index in [1.807, 2.05) is 6.07 Å². The van der Waals surface area contributed by atoms with Crippen molar-refractivity contribution in [3.05, 3.63) is 59.8 Å². The summed E-state index contributed by atoms with van der Waals surface area (Å²) in [5, 5.41) is 14.8. The molecule has 0 aliphatic heterocycles. The second-order valence-electron chi connectivity index (χ2n) is 6.92. The molecule has 2 rings (SSSR count). The number of aliphatic hydroxyl groups excluding tert-OH is 1. The van der Waals surface area contributed by atoms with Crippen LogP contribution in [0.15, 0.2) is 48.7 Å². The Morgan fingerprint density at radius 2 is 1.75 bits per heavy atom. The monoisotopic (exact) mass is 445 g/mol. The van der Waals surface area contributed by atoms with Crippen LogP contribution >= 0.6 is 0 Å². The zero-order chi connectivity index (χ0) is 23.5. The van der Waals surface area contributed by atoms with E-state index in [1.54, 1.807) is 36.4 Å². The number of nitrogens with zero attached hydrogens (tertiary/aromatic N) is 1. The fourth-order valence-corrected chi connectivity index (χ4v) is 2.78. The third-order valence-corrected chi connectivity index (χ3v) is 4.50. The molecule has 0 unspecified atom stereocenters. The number of amides is 2. The summed E-state index contributed by atoms with van der Waals surface area (Å²) in [5.74, 6) is -1.06. The number of aromatic nitrogens is 1. The van der Waals surface area contributed by atoms with E-state index in [0.717, 1.165) is 5.56 Å². The summed E-state index contributed by atoms with van der Waals surface area (Å²) < 4.78 is 14.9. The predicted molar refractivity (Wildman–Crippen MR) is 114 cm³/mol. The first-order chi connectivity index (χ1) is 15.3. The lowest BCUT2D eigenvalue weighted by Crippen LogP contribution is -2.56. The summed E-state index contributed by atoms with van der Waals surface area (Å²) in [6, 6.07) is 9.89. The molecule has 172 valence electrons. The van der Waals surface area contributed by atoms with Crippen LogP contribution in [0.5, 0.6) is 5.88 Å². The van der Waals surface area contributed by atoms with Crippen LogP contribution in [0.25, 0.3) is 0 Å². The zero-order valence-corrected chi connectivity index (χ0v) is 18.1. The van der Waals surface area contributed by atoms with Crippen LogP contribution in [0, 0.1) is 0 Å². The maximum absolute atomic E-state index is 12.7. The number of methoxy groups -OCH3 is 2. The molecule has 3 atom stereocenters. The molecule has 0 saturated carbocycles. The molecule has 3 N–H and O–H groups in total. The molecule has 0 aliphatic rings. The number of esters is 1. The summed E-state index contributed by atoms with van der Waals surface area (Å²) in [7, 11) is 2.67. The molecule has 10 heteroatoms. The lowest BCUT2D eigenvalue weighted by atomic mass is 10.1. The van der Waals surface area contributed by atoms with Crippen molar-refractivity contribution in [2.45, 2.75) is 38.1 Å². The van der Waals surface area contributed by atoms with Crippen molar-refractivity contribution in [1.29, 1.82) is 0 Å². The van der Waals surface area contributed by atoms with Crippen molar-refractivity contribution in [1.82, 2.24) is 15.6 Å². The maximum atomic E-state index is 12.7. The number of pyridine rings is 1. The van der Waals surface area contributed by atoms with Gasteiger partial charge in [-0.1, -0.05) is 36.4 Å². The molecular formula is C22H27N3O7. The molecule has 2 amide bonds. The number of rotatable bonds is 10. The largest absolute Gasteiger partial charge is 0.481 e. The molecule has 0 fully saturated rings. The summed E-state index contributed by atoms with van der Waals surface area (Å²) in [4.78, 5) is 41.1. The second kappa shape index (κ2) is 12.3. The average molecular weight is 445 g/mol. The van der Waals surface area contributed by atoms with Gasteiger partial charge in [0.1, 0.15) is 18.7 Å². The van der Waals surface area contributed by atoms with Crippen molar-refractivity contribution < 1.29 is 33.7 Å². The predicted octanol–water partition coefficient (Wildman–Crippen LogP) is 0.966. The number of carbonyl (C=O) groups excluding carboxylic acids is 3. The van der Waals surface area contributed by atoms with Gasteiger partial charge in [0.2, 0.25) is 11.8 Å². The van der Waals surface area contributed by atoms with Gasteiger partial charge in [-0.25, -0.2) is 14.6 Å². The number of hydrogen-bond donors (Lipinski definition) is 3. The molecule has 0 radical (unpaired) electrons. The van der Waals surface area contributed by atoms with Crippen LogP contribution in [-0.4, -0.2) is 60.5 Å². The summed E-state index contributed by atoms with van der Waals surface area (Å²) >= 11 is 0. The van der Waals surface area contributed by atoms with E-state index in [4.69, 9.17) is 14.2 Å². The Bertz CT molecular complexity index is 888. The summed E-state index contributed by atoms with van der Waals surface area (Å²) in [6.07, 6.45) is -0.545. The molecule has 10 nitrogen and oxygen atoms in total. The summed E-state index contributed by atoms with van der Waals surface area (Å²) in [6.45, 7) is 1.33. The summed E-state index contributed by atoms with van der Waals surface area (Å²) in [5.41, 5.74) is 1.41. The minimum Gasteiger partial charge on any atom is -0.481 e. The lowest BCUT2D eigenvalue weighted by Gasteiger charge is -2.23. The maximum Gasteiger partial charge on any atom is 0.408 e. The first-order valence-electron chi connectivity index (χ1n) is 9.86. The number of ether oxygens (including phenoxy) is 3. The minimum absolute atomic E-state index is 0.00389. The Hall–Kier alpha value is -3.66. The molecular weight excluding hydrogens is 418 g/mol. The van der Waals surface area contributed by atoms with Crippen molar-refractivity contribution in [3.8, 4) is 5.88 Å². The quantitative estimate of drug-likeness (QED) is 0.460. The number of aliphatic hydroxyl groups is 1. The molecule has 0 aliphatic carbocycles. The van der Waals surface area contributed by atoms with Crippen LogP contribution in [0.4, 0.5) is 4.79 Å². The van der Waals surface area contributed by atoms with Crippen molar-refractivity contribution >= 4 is 18.0 Å². The highest BCUT2D eigenvalue weighted by Gasteiger charge is 2.30. The normalized spacial score (nSPS) is 13.2. The van der Waals surface area contributed by atoms with E-state index < -0.39 is 36.2 Å². The van der Waals surface area contributed by atoms with Gasteiger partial charge in [-0.05, 0) is 18.1 Å². The Kier molecular flexibility index (Phi) is 9.43. The number of nitrogens with one attached hydrogen (secondary N) is 2. The Balaban J connectivity index is 2.01. The van der Waals surface area contributed by atoms with Gasteiger partial charge in [0, 0.05) is 18.7 Å². The molecule has 32 heavy (non-hydrogen) atoms. The number of alkyl carbamates (subject to hydrolysis) is 1. The van der Waals surface area contributed by atoms with Gasteiger partial charge < -0.3 is 30.0 Å². The van der Waals surface area contributed by atoms with E-state index in [2.05, 4.69) is 15.6 Å². The van der Waals surface area contributed by atoms with Crippen molar-refractivity contribution in [2.75, 3.05) is 14.2 Å². The van der Waals surface area contributed by atoms with Gasteiger partial charge in [0.05, 0.1) is 20.3 Å². The molecule has 1 aromatic carbocycles. The third-order valence-electron chi connectivity index (χ3n) is 4.50. The van der Waals surface area contributed by atoms with Crippen LogP contribution < -0.4 is 15.4 Å². The van der Waals surface area contributed by atoms with Crippen molar-refractivity contribution in [3.63, 3.8) is 0 Å². The second-order valence-corrected chi connectivity index (χ2v) is 6.92. The lowest BCUT2D eigenvalue weighted by molar-refractivity contribution is -0.145. The van der Waals surface area contributed by atoms with Gasteiger partial charge >= 0.3 is 12.1 Å². The van der Waals surface area contributed by atoms with Crippen LogP contribution in [-0.2, 0) is 32.1 Å². The number of carbonyl (C=O) groups is 3. The fourth-order valence-electron chi connectivity index (χ4n) is 2.78. The Labute approximate surface area is 185 Å². The van der Waals surface area contributed by atoms with E-state index in [0.29, 0.717) is 11.4 Å². The van der Waals surface area contributed by atoms with Gasteiger partial charge in [-0.3, -0.25) is 4.79 Å². The molecule has 0 bridgehead atoms. The average Bonchev–Trinajstić information content (AvgIpc) is 2.81. The first-order valence-corrected chi connectivity index (χ1v) is 9.86. The topological polar surface area (TPSA) is 136 Å². The highest BCUT2D eigenvalue weighted by molar-refractivity contribution is 5.90. The highest BCUT2D eigenvalue weighted by atomic mass is 16.5. The molecule has 1 aromatic heterocycles. The van der Waals surface area contributed by atoms with Gasteiger partial charge in [-0.15, -0.1) is 0 Å². The van der Waals surface area contributed by atoms with Crippen molar-refractivity contribution in [2.24, 2.45) is 0 Å². The van der Waals surface area contributed by atoms with Gasteiger partial charge in [-0.2, -0.15) is 0 Å². The smallest absolute Gasteiger partial charge is 0.408 e. The van der Waals surface area contributed by atoms with E-state index in [1.165, 1.54) is 27.3 Å². The molecule has 2 aromatic rings. The van der Waals surface area contributed by atoms with E-state index in [-0.39, 0.29) is 13.0 Å². The number of hydrogen-bond acceptors (Lipinski definition) is 8.